The van der Waals surface area contributed by atoms with E-state index in [1.54, 1.807) is 0 Å². The van der Waals surface area contributed by atoms with Crippen LogP contribution in [0.4, 0.5) is 24.5 Å². The number of anilines is 2. The minimum Gasteiger partial charge on any atom is -0.456 e. The summed E-state index contributed by atoms with van der Waals surface area (Å²) in [4.78, 5) is 0. The van der Waals surface area contributed by atoms with E-state index in [4.69, 9.17) is 16.2 Å². The summed E-state index contributed by atoms with van der Waals surface area (Å²) in [6.07, 6.45) is -4.60. The first-order chi connectivity index (χ1) is 15.1. The van der Waals surface area contributed by atoms with Gasteiger partial charge >= 0.3 is 6.18 Å². The van der Waals surface area contributed by atoms with Gasteiger partial charge in [0, 0.05) is 22.5 Å². The van der Waals surface area contributed by atoms with Crippen LogP contribution in [0.15, 0.2) is 54.6 Å². The Morgan fingerprint density at radius 3 is 1.55 bits per heavy atom. The Labute approximate surface area is 193 Å². The van der Waals surface area contributed by atoms with Crippen molar-refractivity contribution < 1.29 is 17.9 Å². The van der Waals surface area contributed by atoms with E-state index in [2.05, 4.69) is 0 Å². The van der Waals surface area contributed by atoms with Gasteiger partial charge in [-0.1, -0.05) is 53.7 Å². The predicted molar refractivity (Wildman–Crippen MR) is 130 cm³/mol. The first kappa shape index (κ1) is 24.5. The number of hydrogen-bond acceptors (Lipinski definition) is 3. The molecule has 4 N–H and O–H groups in total. The van der Waals surface area contributed by atoms with Crippen molar-refractivity contribution >= 4 is 11.4 Å². The van der Waals surface area contributed by atoms with Crippen LogP contribution >= 0.6 is 0 Å². The molecule has 0 bridgehead atoms. The van der Waals surface area contributed by atoms with Gasteiger partial charge in [-0.05, 0) is 64.4 Å². The molecule has 3 nitrogen and oxygen atoms in total. The molecule has 0 atom stereocenters. The standard InChI is InChI=1S/C27H31F3N2O/c1-25(2,3)21-13-17(16-7-9-18(31)10-8-16)14-22(26(4,5)6)24(21)33-23-12-11-19(32)15-20(23)27(28,29)30/h7-15H,31-32H2,1-6H3. The highest BCUT2D eigenvalue weighted by atomic mass is 19.4. The molecule has 0 saturated heterocycles. The topological polar surface area (TPSA) is 61.3 Å². The molecule has 176 valence electrons. The van der Waals surface area contributed by atoms with Gasteiger partial charge in [0.2, 0.25) is 0 Å². The summed E-state index contributed by atoms with van der Waals surface area (Å²) in [7, 11) is 0. The maximum atomic E-state index is 13.8. The number of alkyl halides is 3. The molecule has 3 aromatic carbocycles. The van der Waals surface area contributed by atoms with Crippen molar-refractivity contribution in [3.05, 3.63) is 71.3 Å². The zero-order chi connectivity index (χ0) is 24.8. The fourth-order valence-corrected chi connectivity index (χ4v) is 3.66. The van der Waals surface area contributed by atoms with Crippen molar-refractivity contribution in [1.82, 2.24) is 0 Å². The Morgan fingerprint density at radius 2 is 1.09 bits per heavy atom. The molecule has 0 amide bonds. The van der Waals surface area contributed by atoms with Crippen LogP contribution in [0.25, 0.3) is 11.1 Å². The fourth-order valence-electron chi connectivity index (χ4n) is 3.66. The number of hydrogen-bond donors (Lipinski definition) is 2. The molecule has 0 saturated carbocycles. The molecule has 3 aromatic rings. The van der Waals surface area contributed by atoms with Crippen LogP contribution in [-0.2, 0) is 17.0 Å². The molecule has 0 aromatic heterocycles. The van der Waals surface area contributed by atoms with Crippen molar-refractivity contribution in [2.45, 2.75) is 58.5 Å². The highest BCUT2D eigenvalue weighted by Crippen LogP contribution is 2.47. The summed E-state index contributed by atoms with van der Waals surface area (Å²) in [5.74, 6) is 0.164. The van der Waals surface area contributed by atoms with E-state index < -0.39 is 22.6 Å². The molecular weight excluding hydrogens is 425 g/mol. The second kappa shape index (κ2) is 8.32. The summed E-state index contributed by atoms with van der Waals surface area (Å²) < 4.78 is 47.4. The minimum atomic E-state index is -4.60. The van der Waals surface area contributed by atoms with Crippen LogP contribution in [0.2, 0.25) is 0 Å². The normalized spacial score (nSPS) is 12.6. The van der Waals surface area contributed by atoms with Gasteiger partial charge in [-0.3, -0.25) is 0 Å². The predicted octanol–water partition coefficient (Wildman–Crippen LogP) is 7.92. The van der Waals surface area contributed by atoms with E-state index in [1.807, 2.05) is 77.9 Å². The Hall–Kier alpha value is -3.15. The van der Waals surface area contributed by atoms with Gasteiger partial charge in [0.15, 0.2) is 0 Å². The Bertz CT molecular complexity index is 1120. The van der Waals surface area contributed by atoms with Gasteiger partial charge in [-0.25, -0.2) is 0 Å². The van der Waals surface area contributed by atoms with Crippen LogP contribution in [0.3, 0.4) is 0 Å². The molecule has 0 aliphatic rings. The molecule has 3 rings (SSSR count). The second-order valence-corrected chi connectivity index (χ2v) is 10.4. The third-order valence-electron chi connectivity index (χ3n) is 5.47. The van der Waals surface area contributed by atoms with Crippen LogP contribution < -0.4 is 16.2 Å². The van der Waals surface area contributed by atoms with E-state index in [9.17, 15) is 13.2 Å². The van der Waals surface area contributed by atoms with Gasteiger partial charge < -0.3 is 16.2 Å². The maximum absolute atomic E-state index is 13.8. The molecule has 0 aliphatic heterocycles. The monoisotopic (exact) mass is 456 g/mol. The zero-order valence-corrected chi connectivity index (χ0v) is 19.9. The summed E-state index contributed by atoms with van der Waals surface area (Å²) in [5.41, 5.74) is 14.0. The van der Waals surface area contributed by atoms with Crippen molar-refractivity contribution in [1.29, 1.82) is 0 Å². The number of nitrogen functional groups attached to an aromatic ring is 2. The highest BCUT2D eigenvalue weighted by Gasteiger charge is 2.36. The summed E-state index contributed by atoms with van der Waals surface area (Å²) >= 11 is 0. The smallest absolute Gasteiger partial charge is 0.420 e. The lowest BCUT2D eigenvalue weighted by Crippen LogP contribution is -2.19. The Balaban J connectivity index is 2.30. The van der Waals surface area contributed by atoms with E-state index in [0.29, 0.717) is 11.4 Å². The van der Waals surface area contributed by atoms with E-state index in [0.717, 1.165) is 28.3 Å². The average Bonchev–Trinajstić information content (AvgIpc) is 2.67. The van der Waals surface area contributed by atoms with Crippen molar-refractivity contribution in [3.8, 4) is 22.6 Å². The largest absolute Gasteiger partial charge is 0.456 e. The van der Waals surface area contributed by atoms with E-state index in [-0.39, 0.29) is 11.4 Å². The fraction of sp³-hybridized carbons (Fsp3) is 0.333. The molecule has 0 radical (unpaired) electrons. The summed E-state index contributed by atoms with van der Waals surface area (Å²) in [6, 6.07) is 15.1. The Kier molecular flexibility index (Phi) is 6.18. The zero-order valence-electron chi connectivity index (χ0n) is 19.9. The molecular formula is C27H31F3N2O. The SMILES string of the molecule is CC(C)(C)c1cc(-c2ccc(N)cc2)cc(C(C)(C)C)c1Oc1ccc(N)cc1C(F)(F)F. The highest BCUT2D eigenvalue weighted by molar-refractivity contribution is 5.71. The molecule has 0 spiro atoms. The number of benzene rings is 3. The van der Waals surface area contributed by atoms with Gasteiger partial charge in [0.1, 0.15) is 17.1 Å². The first-order valence-electron chi connectivity index (χ1n) is 10.8. The summed E-state index contributed by atoms with van der Waals surface area (Å²) in [6.45, 7) is 12.1. The van der Waals surface area contributed by atoms with Crippen LogP contribution in [0.5, 0.6) is 11.5 Å². The Morgan fingerprint density at radius 1 is 0.606 bits per heavy atom. The van der Waals surface area contributed by atoms with Crippen LogP contribution in [0, 0.1) is 0 Å². The molecule has 0 fully saturated rings. The number of nitrogens with two attached hydrogens (primary N) is 2. The van der Waals surface area contributed by atoms with Crippen LogP contribution in [0.1, 0.15) is 58.2 Å². The van der Waals surface area contributed by atoms with Crippen molar-refractivity contribution in [2.75, 3.05) is 11.5 Å². The van der Waals surface area contributed by atoms with E-state index >= 15 is 0 Å². The summed E-state index contributed by atoms with van der Waals surface area (Å²) in [5, 5.41) is 0. The number of rotatable bonds is 3. The third-order valence-corrected chi connectivity index (χ3v) is 5.47. The minimum absolute atomic E-state index is 0.0282. The lowest BCUT2D eigenvalue weighted by atomic mass is 9.77. The van der Waals surface area contributed by atoms with Crippen molar-refractivity contribution in [3.63, 3.8) is 0 Å². The van der Waals surface area contributed by atoms with E-state index in [1.165, 1.54) is 12.1 Å². The lowest BCUT2D eigenvalue weighted by molar-refractivity contribution is -0.138. The third kappa shape index (κ3) is 5.44. The molecule has 0 aliphatic carbocycles. The second-order valence-electron chi connectivity index (χ2n) is 10.4. The van der Waals surface area contributed by atoms with Gasteiger partial charge in [-0.15, -0.1) is 0 Å². The molecule has 6 heteroatoms. The number of ether oxygens (including phenoxy) is 1. The molecule has 0 heterocycles. The first-order valence-corrected chi connectivity index (χ1v) is 10.8. The quantitative estimate of drug-likeness (QED) is 0.394. The maximum Gasteiger partial charge on any atom is 0.420 e. The lowest BCUT2D eigenvalue weighted by Gasteiger charge is -2.31. The molecule has 33 heavy (non-hydrogen) atoms. The van der Waals surface area contributed by atoms with Gasteiger partial charge in [0.25, 0.3) is 0 Å². The van der Waals surface area contributed by atoms with Crippen molar-refractivity contribution in [2.24, 2.45) is 0 Å². The van der Waals surface area contributed by atoms with Gasteiger partial charge in [-0.2, -0.15) is 13.2 Å². The number of halogens is 3. The van der Waals surface area contributed by atoms with Crippen LogP contribution in [-0.4, -0.2) is 0 Å². The van der Waals surface area contributed by atoms with Gasteiger partial charge in [0.05, 0.1) is 0 Å². The molecule has 0 unspecified atom stereocenters. The average molecular weight is 457 g/mol.